The maximum Gasteiger partial charge on any atom is 0.317 e. The summed E-state index contributed by atoms with van der Waals surface area (Å²) in [6.45, 7) is 0. The van der Waals surface area contributed by atoms with Crippen molar-refractivity contribution in [1.29, 1.82) is 0 Å². The first-order chi connectivity index (χ1) is 7.65. The number of nitro groups is 1. The Kier molecular flexibility index (Phi) is 2.62. The second-order valence-electron chi connectivity index (χ2n) is 3.07. The molecule has 0 bridgehead atoms. The highest BCUT2D eigenvalue weighted by atomic mass is 35.5. The van der Waals surface area contributed by atoms with Crippen molar-refractivity contribution < 1.29 is 9.66 Å². The van der Waals surface area contributed by atoms with E-state index in [4.69, 9.17) is 16.3 Å². The molecule has 0 aliphatic rings. The Morgan fingerprint density at radius 2 is 2.31 bits per heavy atom. The second kappa shape index (κ2) is 3.94. The number of hydrogen-bond acceptors (Lipinski definition) is 4. The number of hydrogen-bond donors (Lipinski definition) is 0. The molecule has 0 unspecified atom stereocenters. The van der Waals surface area contributed by atoms with E-state index in [0.29, 0.717) is 5.39 Å². The molecule has 0 aliphatic carbocycles. The number of pyridine rings is 1. The van der Waals surface area contributed by atoms with Gasteiger partial charge >= 0.3 is 5.69 Å². The van der Waals surface area contributed by atoms with Gasteiger partial charge in [0.2, 0.25) is 0 Å². The van der Waals surface area contributed by atoms with Gasteiger partial charge in [0.25, 0.3) is 0 Å². The molecule has 82 valence electrons. The number of rotatable bonds is 2. The SMILES string of the molecule is COc1cc2cccnc2c([N+](=O)[O-])c1Cl. The second-order valence-corrected chi connectivity index (χ2v) is 3.45. The van der Waals surface area contributed by atoms with Crippen molar-refractivity contribution >= 4 is 28.2 Å². The van der Waals surface area contributed by atoms with E-state index in [1.165, 1.54) is 13.3 Å². The summed E-state index contributed by atoms with van der Waals surface area (Å²) in [4.78, 5) is 14.3. The molecule has 0 saturated heterocycles. The number of nitrogens with zero attached hydrogens (tertiary/aromatic N) is 2. The molecule has 0 N–H and O–H groups in total. The van der Waals surface area contributed by atoms with Gasteiger partial charge in [0.15, 0.2) is 5.02 Å². The maximum absolute atomic E-state index is 10.9. The van der Waals surface area contributed by atoms with Gasteiger partial charge in [-0.2, -0.15) is 0 Å². The smallest absolute Gasteiger partial charge is 0.317 e. The molecule has 2 rings (SSSR count). The van der Waals surface area contributed by atoms with E-state index in [1.54, 1.807) is 18.2 Å². The first-order valence-corrected chi connectivity index (χ1v) is 4.78. The van der Waals surface area contributed by atoms with Gasteiger partial charge in [0.1, 0.15) is 11.3 Å². The van der Waals surface area contributed by atoms with Crippen LogP contribution in [0.4, 0.5) is 5.69 Å². The third-order valence-electron chi connectivity index (χ3n) is 2.18. The quantitative estimate of drug-likeness (QED) is 0.596. The maximum atomic E-state index is 10.9. The van der Waals surface area contributed by atoms with Crippen LogP contribution in [-0.2, 0) is 0 Å². The number of methoxy groups -OCH3 is 1. The first-order valence-electron chi connectivity index (χ1n) is 4.40. The summed E-state index contributed by atoms with van der Waals surface area (Å²) in [5, 5.41) is 11.5. The van der Waals surface area contributed by atoms with Gasteiger partial charge < -0.3 is 4.74 Å². The number of fused-ring (bicyclic) bond motifs is 1. The minimum Gasteiger partial charge on any atom is -0.495 e. The van der Waals surface area contributed by atoms with Crippen LogP contribution < -0.4 is 4.74 Å². The molecule has 0 amide bonds. The van der Waals surface area contributed by atoms with Gasteiger partial charge in [-0.25, -0.2) is 4.98 Å². The number of nitro benzene ring substituents is 1. The largest absolute Gasteiger partial charge is 0.495 e. The number of halogens is 1. The van der Waals surface area contributed by atoms with E-state index < -0.39 is 4.92 Å². The van der Waals surface area contributed by atoms with Gasteiger partial charge in [-0.3, -0.25) is 10.1 Å². The van der Waals surface area contributed by atoms with E-state index in [1.807, 2.05) is 0 Å². The number of aromatic nitrogens is 1. The van der Waals surface area contributed by atoms with Crippen LogP contribution in [0.3, 0.4) is 0 Å². The van der Waals surface area contributed by atoms with Gasteiger partial charge in [0, 0.05) is 11.6 Å². The predicted molar refractivity (Wildman–Crippen MR) is 60.0 cm³/mol. The summed E-state index contributed by atoms with van der Waals surface area (Å²) in [5.41, 5.74) is 0.0370. The van der Waals surface area contributed by atoms with Crippen molar-refractivity contribution in [2.45, 2.75) is 0 Å². The Morgan fingerprint density at radius 3 is 2.94 bits per heavy atom. The van der Waals surface area contributed by atoms with Crippen molar-refractivity contribution in [2.75, 3.05) is 7.11 Å². The zero-order valence-electron chi connectivity index (χ0n) is 8.31. The lowest BCUT2D eigenvalue weighted by molar-refractivity contribution is -0.383. The normalized spacial score (nSPS) is 10.4. The molecule has 0 spiro atoms. The Bertz CT molecular complexity index is 571. The van der Waals surface area contributed by atoms with Crippen molar-refractivity contribution in [2.24, 2.45) is 0 Å². The molecule has 0 saturated carbocycles. The third kappa shape index (κ3) is 1.55. The Balaban J connectivity index is 2.91. The van der Waals surface area contributed by atoms with E-state index >= 15 is 0 Å². The van der Waals surface area contributed by atoms with Crippen LogP contribution in [0, 0.1) is 10.1 Å². The lowest BCUT2D eigenvalue weighted by Crippen LogP contribution is -1.95. The topological polar surface area (TPSA) is 65.3 Å². The van der Waals surface area contributed by atoms with Crippen LogP contribution in [0.5, 0.6) is 5.75 Å². The zero-order valence-corrected chi connectivity index (χ0v) is 9.06. The van der Waals surface area contributed by atoms with Gasteiger partial charge in [0.05, 0.1) is 12.0 Å². The average molecular weight is 239 g/mol. The molecular weight excluding hydrogens is 232 g/mol. The molecule has 16 heavy (non-hydrogen) atoms. The highest BCUT2D eigenvalue weighted by Gasteiger charge is 2.22. The molecule has 0 aliphatic heterocycles. The van der Waals surface area contributed by atoms with Crippen molar-refractivity contribution in [1.82, 2.24) is 4.98 Å². The fourth-order valence-corrected chi connectivity index (χ4v) is 1.76. The van der Waals surface area contributed by atoms with Crippen LogP contribution in [0.15, 0.2) is 24.4 Å². The molecule has 6 heteroatoms. The summed E-state index contributed by atoms with van der Waals surface area (Å²) >= 11 is 5.88. The first kappa shape index (κ1) is 10.6. The zero-order chi connectivity index (χ0) is 11.7. The Hall–Kier alpha value is -1.88. The fourth-order valence-electron chi connectivity index (χ4n) is 1.47. The molecule has 0 radical (unpaired) electrons. The minimum absolute atomic E-state index is 0.0290. The van der Waals surface area contributed by atoms with Crippen LogP contribution in [0.2, 0.25) is 5.02 Å². The summed E-state index contributed by atoms with van der Waals surface area (Å²) < 4.78 is 4.98. The highest BCUT2D eigenvalue weighted by molar-refractivity contribution is 6.35. The fraction of sp³-hybridized carbons (Fsp3) is 0.100. The third-order valence-corrected chi connectivity index (χ3v) is 2.54. The lowest BCUT2D eigenvalue weighted by atomic mass is 10.2. The van der Waals surface area contributed by atoms with Crippen LogP contribution in [0.1, 0.15) is 0 Å². The monoisotopic (exact) mass is 238 g/mol. The summed E-state index contributed by atoms with van der Waals surface area (Å²) in [6, 6.07) is 5.03. The van der Waals surface area contributed by atoms with Crippen molar-refractivity contribution in [3.05, 3.63) is 39.5 Å². The number of benzene rings is 1. The van der Waals surface area contributed by atoms with E-state index in [9.17, 15) is 10.1 Å². The molecule has 1 aromatic carbocycles. The van der Waals surface area contributed by atoms with E-state index in [0.717, 1.165) is 0 Å². The minimum atomic E-state index is -0.555. The summed E-state index contributed by atoms with van der Waals surface area (Å²) in [7, 11) is 1.41. The van der Waals surface area contributed by atoms with Gasteiger partial charge in [-0.05, 0) is 12.1 Å². The molecule has 1 heterocycles. The molecule has 0 atom stereocenters. The molecular formula is C10H7ClN2O3. The van der Waals surface area contributed by atoms with Crippen molar-refractivity contribution in [3.63, 3.8) is 0 Å². The van der Waals surface area contributed by atoms with Crippen LogP contribution in [0.25, 0.3) is 10.9 Å². The summed E-state index contributed by atoms with van der Waals surface area (Å²) in [5.74, 6) is 0.272. The Labute approximate surface area is 95.8 Å². The standard InChI is InChI=1S/C10H7ClN2O3/c1-16-7-5-6-3-2-4-12-9(6)10(8(7)11)13(14)15/h2-5H,1H3. The Morgan fingerprint density at radius 1 is 1.56 bits per heavy atom. The molecule has 0 fully saturated rings. The van der Waals surface area contributed by atoms with E-state index in [-0.39, 0.29) is 22.0 Å². The summed E-state index contributed by atoms with van der Waals surface area (Å²) in [6.07, 6.45) is 1.48. The predicted octanol–water partition coefficient (Wildman–Crippen LogP) is 2.81. The lowest BCUT2D eigenvalue weighted by Gasteiger charge is -2.05. The van der Waals surface area contributed by atoms with E-state index in [2.05, 4.69) is 4.98 Å². The van der Waals surface area contributed by atoms with Crippen LogP contribution >= 0.6 is 11.6 Å². The van der Waals surface area contributed by atoms with Crippen molar-refractivity contribution in [3.8, 4) is 5.75 Å². The van der Waals surface area contributed by atoms with Gasteiger partial charge in [-0.15, -0.1) is 0 Å². The molecule has 5 nitrogen and oxygen atoms in total. The average Bonchev–Trinajstić information content (AvgIpc) is 2.27. The number of ether oxygens (including phenoxy) is 1. The molecule has 1 aromatic heterocycles. The van der Waals surface area contributed by atoms with Crippen LogP contribution in [-0.4, -0.2) is 17.0 Å². The molecule has 2 aromatic rings. The highest BCUT2D eigenvalue weighted by Crippen LogP contribution is 2.39. The van der Waals surface area contributed by atoms with Gasteiger partial charge in [-0.1, -0.05) is 17.7 Å².